The van der Waals surface area contributed by atoms with E-state index < -0.39 is 15.6 Å². The molecule has 8 nitrogen and oxygen atoms in total. The van der Waals surface area contributed by atoms with Gasteiger partial charge in [0.05, 0.1) is 0 Å². The van der Waals surface area contributed by atoms with Crippen molar-refractivity contribution >= 4 is 196 Å². The molecule has 0 saturated carbocycles. The summed E-state index contributed by atoms with van der Waals surface area (Å²) in [5, 5.41) is 0. The van der Waals surface area contributed by atoms with Gasteiger partial charge >= 0.3 is 172 Å². The predicted octanol–water partition coefficient (Wildman–Crippen LogP) is -4.52. The number of rotatable bonds is 0. The van der Waals surface area contributed by atoms with E-state index in [4.69, 9.17) is 38.5 Å². The Morgan fingerprint density at radius 2 is 0.529 bits per heavy atom. The molecule has 17 heavy (non-hydrogen) atoms. The fraction of sp³-hybridized carbons (Fsp3) is 0. The molecule has 0 rings (SSSR count). The van der Waals surface area contributed by atoms with Crippen LogP contribution in [0.15, 0.2) is 0 Å². The van der Waals surface area contributed by atoms with Crippen LogP contribution in [-0.4, -0.2) is 185 Å². The third-order valence-corrected chi connectivity index (χ3v) is 0. The van der Waals surface area contributed by atoms with E-state index in [1.165, 1.54) is 0 Å². The van der Waals surface area contributed by atoms with Gasteiger partial charge in [0.15, 0.2) is 0 Å². The third-order valence-electron chi connectivity index (χ3n) is 0. The van der Waals surface area contributed by atoms with E-state index in [0.29, 0.717) is 0 Å². The molecule has 0 spiro atoms. The van der Waals surface area contributed by atoms with Crippen molar-refractivity contribution < 1.29 is 38.5 Å². The van der Waals surface area contributed by atoms with Crippen LogP contribution in [0.5, 0.6) is 0 Å². The summed E-state index contributed by atoms with van der Waals surface area (Å²) < 4.78 is 17.8. The molecule has 92 valence electrons. The van der Waals surface area contributed by atoms with Gasteiger partial charge in [-0.25, -0.2) is 9.13 Å². The molecule has 0 fully saturated rings. The van der Waals surface area contributed by atoms with Crippen LogP contribution in [0.2, 0.25) is 0 Å². The first-order valence-electron chi connectivity index (χ1n) is 1.57. The van der Waals surface area contributed by atoms with Crippen LogP contribution in [0.3, 0.4) is 0 Å². The molecule has 0 unspecified atom stereocenters. The normalized spacial score (nSPS) is 6.94. The van der Waals surface area contributed by atoms with Gasteiger partial charge in [-0.1, -0.05) is 0 Å². The van der Waals surface area contributed by atoms with Crippen LogP contribution in [0.25, 0.3) is 0 Å². The summed E-state index contributed by atoms with van der Waals surface area (Å²) in [6.45, 7) is 0. The molecule has 0 atom stereocenters. The molecule has 0 radical (unpaired) electrons. The molecule has 0 amide bonds. The predicted molar refractivity (Wildman–Crippen MR) is 80.2 cm³/mol. The average Bonchev–Trinajstić information content (AvgIpc) is 1.12. The van der Waals surface area contributed by atoms with Crippen LogP contribution in [0, 0.1) is 0 Å². The second kappa shape index (κ2) is 30.0. The van der Waals surface area contributed by atoms with Crippen molar-refractivity contribution in [3.8, 4) is 0 Å². The van der Waals surface area contributed by atoms with E-state index in [0.717, 1.165) is 0 Å². The first-order chi connectivity index (χ1) is 4.00. The van der Waals surface area contributed by atoms with Gasteiger partial charge in [-0.2, -0.15) is 0 Å². The number of phosphoric acid groups is 2. The molecular weight excluding hydrogens is 393 g/mol. The number of halogens is 2. The Morgan fingerprint density at radius 3 is 0.529 bits per heavy atom. The Hall–Kier alpha value is 6.06. The Morgan fingerprint density at radius 1 is 0.529 bits per heavy atom. The minimum absolute atomic E-state index is 0. The van der Waals surface area contributed by atoms with Crippen molar-refractivity contribution in [3.63, 3.8) is 0 Å². The Kier molecular flexibility index (Phi) is 100. The zero-order chi connectivity index (χ0) is 9.00. The summed E-state index contributed by atoms with van der Waals surface area (Å²) in [6.07, 6.45) is 0. The zero-order valence-electron chi connectivity index (χ0n) is 5.21. The third kappa shape index (κ3) is 242. The Bertz CT molecular complexity index is 146. The molecule has 0 aliphatic rings. The summed E-state index contributed by atoms with van der Waals surface area (Å²) in [6, 6.07) is 0. The maximum absolute atomic E-state index is 8.88. The molecule has 0 aromatic rings. The van der Waals surface area contributed by atoms with Crippen molar-refractivity contribution in [1.82, 2.24) is 0 Å². The van der Waals surface area contributed by atoms with Crippen molar-refractivity contribution in [2.75, 3.05) is 0 Å². The van der Waals surface area contributed by atoms with E-state index in [1.807, 2.05) is 0 Å². The van der Waals surface area contributed by atoms with Gasteiger partial charge in [0, 0.05) is 0 Å². The van der Waals surface area contributed by atoms with Crippen LogP contribution < -0.4 is 0 Å². The molecule has 6 N–H and O–H groups in total. The van der Waals surface area contributed by atoms with Gasteiger partial charge in [0.2, 0.25) is 0 Å². The van der Waals surface area contributed by atoms with Crippen molar-refractivity contribution in [3.05, 3.63) is 0 Å². The second-order valence-corrected chi connectivity index (χ2v) is 3.08. The van der Waals surface area contributed by atoms with Crippen molar-refractivity contribution in [2.24, 2.45) is 0 Å². The fourth-order valence-corrected chi connectivity index (χ4v) is 0. The Balaban J connectivity index is -0.00000000762. The Labute approximate surface area is 229 Å². The van der Waals surface area contributed by atoms with Gasteiger partial charge in [-0.15, -0.1) is 24.8 Å². The quantitative estimate of drug-likeness (QED) is 0.173. The maximum atomic E-state index is 8.88. The van der Waals surface area contributed by atoms with Crippen molar-refractivity contribution in [1.29, 1.82) is 0 Å². The number of hydrogen-bond acceptors (Lipinski definition) is 2. The van der Waals surface area contributed by atoms with E-state index in [2.05, 4.69) is 0 Å². The first-order valence-corrected chi connectivity index (χ1v) is 4.70. The summed E-state index contributed by atoms with van der Waals surface area (Å²) in [7, 11) is -9.28. The minimum atomic E-state index is -4.64. The zero-order valence-corrected chi connectivity index (χ0v) is 8.63. The first kappa shape index (κ1) is 56.8. The summed E-state index contributed by atoms with van der Waals surface area (Å²) in [4.78, 5) is 43.1. The molecule has 17 heteroatoms. The van der Waals surface area contributed by atoms with Gasteiger partial charge in [0.25, 0.3) is 0 Å². The van der Waals surface area contributed by atoms with E-state index in [-0.39, 0.29) is 181 Å². The standard InChI is InChI=1S/Ca.2ClH.4Na.2H3O4P.6H/c;;;;;;;2*1-5(2,3)4;;;;;;/h;2*1H;;;;;2*(H3,1,2,3,4);;;;;;. The van der Waals surface area contributed by atoms with E-state index in [1.54, 1.807) is 0 Å². The monoisotopic (exact) mass is 406 g/mol. The molecule has 0 aromatic heterocycles. The van der Waals surface area contributed by atoms with Gasteiger partial charge in [-0.3, -0.25) is 0 Å². The summed E-state index contributed by atoms with van der Waals surface area (Å²) >= 11 is 0. The second-order valence-electron chi connectivity index (χ2n) is 1.03. The topological polar surface area (TPSA) is 156 Å². The molecule has 0 aromatic carbocycles. The van der Waals surface area contributed by atoms with Gasteiger partial charge in [0.1, 0.15) is 0 Å². The fourth-order valence-electron chi connectivity index (χ4n) is 0. The molecule has 0 heterocycles. The molecule has 0 aliphatic carbocycles. The molecule has 0 bridgehead atoms. The van der Waals surface area contributed by atoms with Gasteiger partial charge < -0.3 is 29.4 Å². The van der Waals surface area contributed by atoms with Crippen LogP contribution >= 0.6 is 40.5 Å². The van der Waals surface area contributed by atoms with E-state index >= 15 is 0 Å². The van der Waals surface area contributed by atoms with Gasteiger partial charge in [-0.05, 0) is 0 Å². The van der Waals surface area contributed by atoms with Crippen LogP contribution in [-0.2, 0) is 9.13 Å². The summed E-state index contributed by atoms with van der Waals surface area (Å²) in [5.74, 6) is 0. The van der Waals surface area contributed by atoms with Crippen LogP contribution in [0.1, 0.15) is 0 Å². The molecular formula is H14CaCl2Na4O8P2. The SMILES string of the molecule is Cl.Cl.O=P(O)(O)O.O=P(O)(O)O.[CaH2].[NaH].[NaH].[NaH].[NaH]. The molecule has 0 saturated heterocycles. The number of hydrogen-bond donors (Lipinski definition) is 6. The van der Waals surface area contributed by atoms with Crippen molar-refractivity contribution in [2.45, 2.75) is 0 Å². The molecule has 0 aliphatic heterocycles. The van der Waals surface area contributed by atoms with E-state index in [9.17, 15) is 0 Å². The average molecular weight is 407 g/mol. The summed E-state index contributed by atoms with van der Waals surface area (Å²) in [5.41, 5.74) is 0. The van der Waals surface area contributed by atoms with Crippen LogP contribution in [0.4, 0.5) is 0 Å².